The summed E-state index contributed by atoms with van der Waals surface area (Å²) < 4.78 is 0. The Bertz CT molecular complexity index is 349. The second kappa shape index (κ2) is 4.30. The third-order valence-electron chi connectivity index (χ3n) is 4.37. The number of hydrogen-bond acceptors (Lipinski definition) is 3. The number of carbonyl (C=O) groups is 1. The van der Waals surface area contributed by atoms with Crippen molar-refractivity contribution in [3.63, 3.8) is 0 Å². The number of nitrogens with zero attached hydrogens (tertiary/aromatic N) is 2. The van der Waals surface area contributed by atoms with Gasteiger partial charge in [0.15, 0.2) is 0 Å². The van der Waals surface area contributed by atoms with Crippen LogP contribution >= 0.6 is 0 Å². The molecule has 0 aromatic rings. The van der Waals surface area contributed by atoms with Crippen molar-refractivity contribution in [2.24, 2.45) is 5.41 Å². The van der Waals surface area contributed by atoms with E-state index in [0.717, 1.165) is 12.8 Å². The van der Waals surface area contributed by atoms with E-state index in [2.05, 4.69) is 6.07 Å². The molecule has 3 unspecified atom stereocenters. The quantitative estimate of drug-likeness (QED) is 0.789. The number of hydrogen-bond donors (Lipinski definition) is 1. The van der Waals surface area contributed by atoms with Gasteiger partial charge in [-0.25, -0.2) is 0 Å². The predicted octanol–water partition coefficient (Wildman–Crippen LogP) is 1.44. The molecule has 17 heavy (non-hydrogen) atoms. The topological polar surface area (TPSA) is 64.3 Å². The number of rotatable bonds is 2. The third kappa shape index (κ3) is 1.93. The van der Waals surface area contributed by atoms with Gasteiger partial charge in [0.25, 0.3) is 0 Å². The van der Waals surface area contributed by atoms with Crippen LogP contribution in [0.15, 0.2) is 0 Å². The van der Waals surface area contributed by atoms with E-state index >= 15 is 0 Å². The Hall–Kier alpha value is -1.08. The molecule has 0 spiro atoms. The van der Waals surface area contributed by atoms with Gasteiger partial charge in [-0.05, 0) is 39.0 Å². The number of fused-ring (bicyclic) bond motifs is 2. The molecule has 2 bridgehead atoms. The zero-order valence-corrected chi connectivity index (χ0v) is 10.5. The smallest absolute Gasteiger partial charge is 0.243 e. The Morgan fingerprint density at radius 1 is 1.47 bits per heavy atom. The molecule has 4 nitrogen and oxygen atoms in total. The van der Waals surface area contributed by atoms with Crippen LogP contribution < -0.4 is 0 Å². The minimum Gasteiger partial charge on any atom is -0.393 e. The van der Waals surface area contributed by atoms with Gasteiger partial charge in [-0.3, -0.25) is 4.79 Å². The summed E-state index contributed by atoms with van der Waals surface area (Å²) in [5.74, 6) is -0.0399. The number of nitriles is 1. The highest BCUT2D eigenvalue weighted by Gasteiger charge is 2.47. The van der Waals surface area contributed by atoms with Gasteiger partial charge in [-0.2, -0.15) is 5.26 Å². The maximum atomic E-state index is 12.5. The van der Waals surface area contributed by atoms with Crippen LogP contribution in [0.4, 0.5) is 0 Å². The molecular weight excluding hydrogens is 216 g/mol. The van der Waals surface area contributed by atoms with Crippen molar-refractivity contribution in [1.82, 2.24) is 4.90 Å². The van der Waals surface area contributed by atoms with Crippen LogP contribution in [-0.4, -0.2) is 34.1 Å². The highest BCUT2D eigenvalue weighted by atomic mass is 16.3. The number of aliphatic hydroxyl groups excluding tert-OH is 1. The first kappa shape index (κ1) is 12.4. The molecule has 4 heteroatoms. The van der Waals surface area contributed by atoms with Crippen LogP contribution in [0.25, 0.3) is 0 Å². The van der Waals surface area contributed by atoms with Crippen LogP contribution in [-0.2, 0) is 4.79 Å². The largest absolute Gasteiger partial charge is 0.393 e. The van der Waals surface area contributed by atoms with Gasteiger partial charge < -0.3 is 10.0 Å². The van der Waals surface area contributed by atoms with E-state index in [0.29, 0.717) is 19.3 Å². The summed E-state index contributed by atoms with van der Waals surface area (Å²) >= 11 is 0. The fourth-order valence-electron chi connectivity index (χ4n) is 3.04. The SMILES string of the molecule is CCC(C)(C#N)C(=O)N1C2CCC1CC(O)C2. The molecule has 2 rings (SSSR count). The zero-order valence-electron chi connectivity index (χ0n) is 10.5. The minimum atomic E-state index is -0.900. The Labute approximate surface area is 102 Å². The molecule has 0 aromatic carbocycles. The highest BCUT2D eigenvalue weighted by Crippen LogP contribution is 2.39. The van der Waals surface area contributed by atoms with E-state index in [1.807, 2.05) is 11.8 Å². The van der Waals surface area contributed by atoms with E-state index in [1.165, 1.54) is 0 Å². The molecule has 1 N–H and O–H groups in total. The molecule has 94 valence electrons. The second-order valence-corrected chi connectivity index (χ2v) is 5.52. The number of piperidine rings is 1. The molecule has 3 atom stereocenters. The lowest BCUT2D eigenvalue weighted by Gasteiger charge is -2.40. The first-order chi connectivity index (χ1) is 8.01. The Balaban J connectivity index is 2.20. The summed E-state index contributed by atoms with van der Waals surface area (Å²) in [5.41, 5.74) is -0.900. The van der Waals surface area contributed by atoms with Gasteiger partial charge in [-0.15, -0.1) is 0 Å². The fourth-order valence-corrected chi connectivity index (χ4v) is 3.04. The van der Waals surface area contributed by atoms with E-state index in [4.69, 9.17) is 0 Å². The van der Waals surface area contributed by atoms with E-state index in [-0.39, 0.29) is 24.1 Å². The van der Waals surface area contributed by atoms with Gasteiger partial charge in [-0.1, -0.05) is 6.92 Å². The molecule has 2 fully saturated rings. The summed E-state index contributed by atoms with van der Waals surface area (Å²) in [5, 5.41) is 18.9. The van der Waals surface area contributed by atoms with E-state index < -0.39 is 5.41 Å². The van der Waals surface area contributed by atoms with Crippen molar-refractivity contribution in [2.75, 3.05) is 0 Å². The number of carbonyl (C=O) groups excluding carboxylic acids is 1. The van der Waals surface area contributed by atoms with Crippen molar-refractivity contribution in [2.45, 2.75) is 64.1 Å². The van der Waals surface area contributed by atoms with E-state index in [1.54, 1.807) is 6.92 Å². The monoisotopic (exact) mass is 236 g/mol. The Kier molecular flexibility index (Phi) is 3.13. The molecule has 2 heterocycles. The summed E-state index contributed by atoms with van der Waals surface area (Å²) in [6, 6.07) is 2.45. The van der Waals surface area contributed by atoms with Crippen LogP contribution in [0.1, 0.15) is 46.0 Å². The summed E-state index contributed by atoms with van der Waals surface area (Å²) in [6.07, 6.45) is 3.56. The molecule has 2 aliphatic rings. The third-order valence-corrected chi connectivity index (χ3v) is 4.37. The maximum Gasteiger partial charge on any atom is 0.243 e. The highest BCUT2D eigenvalue weighted by molar-refractivity contribution is 5.86. The first-order valence-corrected chi connectivity index (χ1v) is 6.44. The average Bonchev–Trinajstić information content (AvgIpc) is 2.59. The second-order valence-electron chi connectivity index (χ2n) is 5.52. The fraction of sp³-hybridized carbons (Fsp3) is 0.846. The van der Waals surface area contributed by atoms with Gasteiger partial charge in [0.2, 0.25) is 5.91 Å². The van der Waals surface area contributed by atoms with Gasteiger partial charge in [0.05, 0.1) is 12.2 Å². The molecule has 0 radical (unpaired) electrons. The van der Waals surface area contributed by atoms with Gasteiger partial charge in [0.1, 0.15) is 5.41 Å². The number of amides is 1. The maximum absolute atomic E-state index is 12.5. The molecule has 2 saturated heterocycles. The standard InChI is InChI=1S/C13H20N2O2/c1-3-13(2,8-14)12(17)15-9-4-5-10(15)7-11(16)6-9/h9-11,16H,3-7H2,1-2H3. The summed E-state index contributed by atoms with van der Waals surface area (Å²) in [6.45, 7) is 3.60. The molecule has 0 aromatic heterocycles. The lowest BCUT2D eigenvalue weighted by Crippen LogP contribution is -2.52. The first-order valence-electron chi connectivity index (χ1n) is 6.44. The normalized spacial score (nSPS) is 35.2. The van der Waals surface area contributed by atoms with Crippen LogP contribution in [0.2, 0.25) is 0 Å². The molecular formula is C13H20N2O2. The van der Waals surface area contributed by atoms with Crippen LogP contribution in [0.3, 0.4) is 0 Å². The number of aliphatic hydroxyl groups is 1. The molecule has 1 amide bonds. The van der Waals surface area contributed by atoms with Crippen molar-refractivity contribution in [3.8, 4) is 6.07 Å². The van der Waals surface area contributed by atoms with Crippen molar-refractivity contribution in [3.05, 3.63) is 0 Å². The Morgan fingerprint density at radius 3 is 2.41 bits per heavy atom. The van der Waals surface area contributed by atoms with Crippen molar-refractivity contribution in [1.29, 1.82) is 5.26 Å². The van der Waals surface area contributed by atoms with E-state index in [9.17, 15) is 15.2 Å². The average molecular weight is 236 g/mol. The van der Waals surface area contributed by atoms with Crippen LogP contribution in [0, 0.1) is 16.7 Å². The lowest BCUT2D eigenvalue weighted by molar-refractivity contribution is -0.144. The zero-order chi connectivity index (χ0) is 12.6. The predicted molar refractivity (Wildman–Crippen MR) is 62.9 cm³/mol. The van der Waals surface area contributed by atoms with Crippen molar-refractivity contribution >= 4 is 5.91 Å². The van der Waals surface area contributed by atoms with Crippen molar-refractivity contribution < 1.29 is 9.90 Å². The summed E-state index contributed by atoms with van der Waals surface area (Å²) in [4.78, 5) is 14.4. The Morgan fingerprint density at radius 2 is 2.00 bits per heavy atom. The molecule has 0 aliphatic carbocycles. The lowest BCUT2D eigenvalue weighted by atomic mass is 9.85. The van der Waals surface area contributed by atoms with Gasteiger partial charge in [0, 0.05) is 12.1 Å². The van der Waals surface area contributed by atoms with Crippen LogP contribution in [0.5, 0.6) is 0 Å². The summed E-state index contributed by atoms with van der Waals surface area (Å²) in [7, 11) is 0. The van der Waals surface area contributed by atoms with Gasteiger partial charge >= 0.3 is 0 Å². The molecule has 0 saturated carbocycles. The molecule has 2 aliphatic heterocycles. The minimum absolute atomic E-state index is 0.0399.